The highest BCUT2D eigenvalue weighted by molar-refractivity contribution is 9.10. The summed E-state index contributed by atoms with van der Waals surface area (Å²) < 4.78 is 14.1. The number of nitrogens with one attached hydrogen (secondary N) is 1. The Kier molecular flexibility index (Phi) is 4.35. The van der Waals surface area contributed by atoms with E-state index in [9.17, 15) is 9.18 Å². The van der Waals surface area contributed by atoms with Gasteiger partial charge in [-0.05, 0) is 47.4 Å². The summed E-state index contributed by atoms with van der Waals surface area (Å²) >= 11 is 3.09. The first-order chi connectivity index (χ1) is 8.59. The van der Waals surface area contributed by atoms with E-state index in [1.165, 1.54) is 6.07 Å². The molecule has 1 aromatic rings. The van der Waals surface area contributed by atoms with Gasteiger partial charge >= 0.3 is 0 Å². The lowest BCUT2D eigenvalue weighted by Gasteiger charge is -2.21. The van der Waals surface area contributed by atoms with Crippen LogP contribution in [0.5, 0.6) is 0 Å². The van der Waals surface area contributed by atoms with Crippen LogP contribution in [-0.2, 0) is 0 Å². The molecule has 18 heavy (non-hydrogen) atoms. The van der Waals surface area contributed by atoms with Crippen LogP contribution in [0.2, 0.25) is 0 Å². The fraction of sp³-hybridized carbons (Fsp3) is 0.462. The number of nitrogens with zero attached hydrogens (tertiary/aromatic N) is 1. The Morgan fingerprint density at radius 2 is 2.39 bits per heavy atom. The largest absolute Gasteiger partial charge is 0.340 e. The van der Waals surface area contributed by atoms with Gasteiger partial charge in [0, 0.05) is 19.6 Å². The molecule has 1 heterocycles. The predicted octanol–water partition coefficient (Wildman–Crippen LogP) is 2.41. The first-order valence-electron chi connectivity index (χ1n) is 6.02. The van der Waals surface area contributed by atoms with Gasteiger partial charge in [-0.1, -0.05) is 6.07 Å². The van der Waals surface area contributed by atoms with Crippen LogP contribution in [-0.4, -0.2) is 37.0 Å². The molecular formula is C13H16BrFN2O. The Bertz CT molecular complexity index is 447. The number of halogens is 2. The Hall–Kier alpha value is -0.940. The molecule has 1 aromatic carbocycles. The minimum absolute atomic E-state index is 0.116. The number of carbonyl (C=O) groups excluding carboxylic acids is 1. The molecule has 2 rings (SSSR count). The van der Waals surface area contributed by atoms with Crippen molar-refractivity contribution in [1.29, 1.82) is 0 Å². The molecule has 0 spiro atoms. The second-order valence-electron chi connectivity index (χ2n) is 4.58. The summed E-state index contributed by atoms with van der Waals surface area (Å²) in [7, 11) is 1.71. The Labute approximate surface area is 114 Å². The van der Waals surface area contributed by atoms with E-state index >= 15 is 0 Å². The SMILES string of the molecule is CN(CC1CCCN1)C(=O)c1cccc(Br)c1F. The highest BCUT2D eigenvalue weighted by Crippen LogP contribution is 2.20. The second kappa shape index (κ2) is 5.80. The molecule has 1 N–H and O–H groups in total. The fourth-order valence-corrected chi connectivity index (χ4v) is 2.57. The molecule has 1 fully saturated rings. The third-order valence-corrected chi connectivity index (χ3v) is 3.80. The normalized spacial score (nSPS) is 18.9. The van der Waals surface area contributed by atoms with Gasteiger partial charge in [-0.25, -0.2) is 4.39 Å². The molecule has 0 bridgehead atoms. The van der Waals surface area contributed by atoms with E-state index in [2.05, 4.69) is 21.2 Å². The topological polar surface area (TPSA) is 32.3 Å². The summed E-state index contributed by atoms with van der Waals surface area (Å²) in [5.41, 5.74) is 0.116. The van der Waals surface area contributed by atoms with E-state index < -0.39 is 5.82 Å². The van der Waals surface area contributed by atoms with Crippen LogP contribution < -0.4 is 5.32 Å². The highest BCUT2D eigenvalue weighted by atomic mass is 79.9. The molecule has 1 unspecified atom stereocenters. The summed E-state index contributed by atoms with van der Waals surface area (Å²) in [5, 5.41) is 3.32. The quantitative estimate of drug-likeness (QED) is 0.929. The van der Waals surface area contributed by atoms with Gasteiger partial charge < -0.3 is 10.2 Å². The molecule has 5 heteroatoms. The Morgan fingerprint density at radius 3 is 3.06 bits per heavy atom. The van der Waals surface area contributed by atoms with Crippen LogP contribution in [0, 0.1) is 5.82 Å². The van der Waals surface area contributed by atoms with Crippen LogP contribution in [0.4, 0.5) is 4.39 Å². The maximum Gasteiger partial charge on any atom is 0.256 e. The van der Waals surface area contributed by atoms with Gasteiger partial charge in [-0.2, -0.15) is 0 Å². The fourth-order valence-electron chi connectivity index (χ4n) is 2.20. The number of rotatable bonds is 3. The van der Waals surface area contributed by atoms with Gasteiger partial charge in [0.2, 0.25) is 0 Å². The summed E-state index contributed by atoms with van der Waals surface area (Å²) in [4.78, 5) is 13.7. The smallest absolute Gasteiger partial charge is 0.256 e. The average Bonchev–Trinajstić information content (AvgIpc) is 2.84. The zero-order valence-electron chi connectivity index (χ0n) is 10.2. The second-order valence-corrected chi connectivity index (χ2v) is 5.43. The van der Waals surface area contributed by atoms with Crippen molar-refractivity contribution < 1.29 is 9.18 Å². The van der Waals surface area contributed by atoms with Crippen molar-refractivity contribution in [2.45, 2.75) is 18.9 Å². The number of hydrogen-bond acceptors (Lipinski definition) is 2. The maximum atomic E-state index is 13.8. The van der Waals surface area contributed by atoms with E-state index in [1.54, 1.807) is 24.1 Å². The van der Waals surface area contributed by atoms with Crippen molar-refractivity contribution in [3.63, 3.8) is 0 Å². The van der Waals surface area contributed by atoms with Crippen molar-refractivity contribution in [1.82, 2.24) is 10.2 Å². The first kappa shape index (κ1) is 13.5. The van der Waals surface area contributed by atoms with Gasteiger partial charge in [0.1, 0.15) is 5.82 Å². The van der Waals surface area contributed by atoms with Gasteiger partial charge in [0.05, 0.1) is 10.0 Å². The average molecular weight is 315 g/mol. The molecule has 1 aliphatic heterocycles. The van der Waals surface area contributed by atoms with Crippen molar-refractivity contribution >= 4 is 21.8 Å². The van der Waals surface area contributed by atoms with E-state index in [0.717, 1.165) is 19.4 Å². The van der Waals surface area contributed by atoms with Crippen LogP contribution in [0.1, 0.15) is 23.2 Å². The van der Waals surface area contributed by atoms with Crippen LogP contribution >= 0.6 is 15.9 Å². The lowest BCUT2D eigenvalue weighted by Crippen LogP contribution is -2.38. The summed E-state index contributed by atoms with van der Waals surface area (Å²) in [6.45, 7) is 1.61. The van der Waals surface area contributed by atoms with Crippen LogP contribution in [0.3, 0.4) is 0 Å². The molecule has 1 amide bonds. The zero-order valence-corrected chi connectivity index (χ0v) is 11.8. The molecule has 1 aliphatic rings. The highest BCUT2D eigenvalue weighted by Gasteiger charge is 2.22. The molecule has 3 nitrogen and oxygen atoms in total. The van der Waals surface area contributed by atoms with E-state index in [0.29, 0.717) is 17.1 Å². The molecule has 1 atom stereocenters. The number of carbonyl (C=O) groups is 1. The number of likely N-dealkylation sites (N-methyl/N-ethyl adjacent to an activating group) is 1. The van der Waals surface area contributed by atoms with Crippen molar-refractivity contribution in [3.8, 4) is 0 Å². The predicted molar refractivity (Wildman–Crippen MR) is 72.1 cm³/mol. The minimum atomic E-state index is -0.492. The van der Waals surface area contributed by atoms with Crippen LogP contribution in [0.25, 0.3) is 0 Å². The first-order valence-corrected chi connectivity index (χ1v) is 6.81. The maximum absolute atomic E-state index is 13.8. The molecule has 1 saturated heterocycles. The van der Waals surface area contributed by atoms with Crippen LogP contribution in [0.15, 0.2) is 22.7 Å². The van der Waals surface area contributed by atoms with Gasteiger partial charge in [0.25, 0.3) is 5.91 Å². The van der Waals surface area contributed by atoms with Crippen molar-refractivity contribution in [2.24, 2.45) is 0 Å². The summed E-state index contributed by atoms with van der Waals surface area (Å²) in [6, 6.07) is 5.10. The zero-order chi connectivity index (χ0) is 13.1. The molecule has 98 valence electrons. The van der Waals surface area contributed by atoms with Gasteiger partial charge in [0.15, 0.2) is 0 Å². The lowest BCUT2D eigenvalue weighted by atomic mass is 10.1. The molecular weight excluding hydrogens is 299 g/mol. The lowest BCUT2D eigenvalue weighted by molar-refractivity contribution is 0.0779. The number of amides is 1. The summed E-state index contributed by atoms with van der Waals surface area (Å²) in [5.74, 6) is -0.767. The Morgan fingerprint density at radius 1 is 1.61 bits per heavy atom. The van der Waals surface area contributed by atoms with Gasteiger partial charge in [-0.3, -0.25) is 4.79 Å². The third kappa shape index (κ3) is 2.90. The van der Waals surface area contributed by atoms with E-state index in [-0.39, 0.29) is 11.5 Å². The molecule has 0 radical (unpaired) electrons. The van der Waals surface area contributed by atoms with E-state index in [1.807, 2.05) is 0 Å². The number of hydrogen-bond donors (Lipinski definition) is 1. The van der Waals surface area contributed by atoms with Gasteiger partial charge in [-0.15, -0.1) is 0 Å². The monoisotopic (exact) mass is 314 g/mol. The third-order valence-electron chi connectivity index (χ3n) is 3.19. The minimum Gasteiger partial charge on any atom is -0.340 e. The standard InChI is InChI=1S/C13H16BrFN2O/c1-17(8-9-4-3-7-16-9)13(18)10-5-2-6-11(14)12(10)15/h2,5-6,9,16H,3-4,7-8H2,1H3. The number of benzene rings is 1. The summed E-state index contributed by atoms with van der Waals surface area (Å²) in [6.07, 6.45) is 2.20. The van der Waals surface area contributed by atoms with Crippen molar-refractivity contribution in [2.75, 3.05) is 20.1 Å². The molecule has 0 aliphatic carbocycles. The van der Waals surface area contributed by atoms with E-state index in [4.69, 9.17) is 0 Å². The Balaban J connectivity index is 2.07. The molecule has 0 aromatic heterocycles. The molecule has 0 saturated carbocycles. The van der Waals surface area contributed by atoms with Crippen molar-refractivity contribution in [3.05, 3.63) is 34.1 Å².